The van der Waals surface area contributed by atoms with E-state index in [2.05, 4.69) is 20.2 Å². The summed E-state index contributed by atoms with van der Waals surface area (Å²) in [6.07, 6.45) is 4.94. The van der Waals surface area contributed by atoms with Crippen LogP contribution in [0.4, 0.5) is 11.5 Å². The molecule has 0 spiro atoms. The van der Waals surface area contributed by atoms with E-state index in [0.29, 0.717) is 52.8 Å². The molecule has 2 aliphatic rings. The number of piperidine rings is 1. The lowest BCUT2D eigenvalue weighted by molar-refractivity contribution is 0.102. The van der Waals surface area contributed by atoms with E-state index in [1.165, 1.54) is 12.7 Å². The Hall–Kier alpha value is -3.29. The predicted octanol–water partition coefficient (Wildman–Crippen LogP) is 3.55. The molecule has 0 aliphatic carbocycles. The summed E-state index contributed by atoms with van der Waals surface area (Å²) in [6, 6.07) is 5.36. The van der Waals surface area contributed by atoms with Crippen LogP contribution in [0.3, 0.4) is 0 Å². The molecule has 1 N–H and O–H groups in total. The van der Waals surface area contributed by atoms with Crippen LogP contribution in [-0.2, 0) is 0 Å². The molecule has 8 heteroatoms. The summed E-state index contributed by atoms with van der Waals surface area (Å²) < 4.78 is 16.9. The van der Waals surface area contributed by atoms with E-state index < -0.39 is 0 Å². The molecule has 0 bridgehead atoms. The minimum absolute atomic E-state index is 0.258. The SMILES string of the molecule is Cc1oc2ncnc(N3CCCCC3)c2c1C(=O)Nc1ccc2c(c1)OCCO2. The number of fused-ring (bicyclic) bond motifs is 2. The fourth-order valence-corrected chi connectivity index (χ4v) is 3.96. The van der Waals surface area contributed by atoms with Crippen molar-refractivity contribution in [3.63, 3.8) is 0 Å². The van der Waals surface area contributed by atoms with Crippen LogP contribution in [0.25, 0.3) is 11.1 Å². The molecule has 0 saturated carbocycles. The van der Waals surface area contributed by atoms with Crippen molar-refractivity contribution >= 4 is 28.5 Å². The number of anilines is 2. The van der Waals surface area contributed by atoms with Crippen molar-refractivity contribution in [2.75, 3.05) is 36.5 Å². The molecule has 1 fully saturated rings. The van der Waals surface area contributed by atoms with Crippen LogP contribution in [0, 0.1) is 6.92 Å². The molecule has 1 amide bonds. The molecule has 2 aromatic heterocycles. The lowest BCUT2D eigenvalue weighted by atomic mass is 10.1. The molecule has 0 unspecified atom stereocenters. The molecule has 1 aromatic carbocycles. The number of hydrogen-bond donors (Lipinski definition) is 1. The van der Waals surface area contributed by atoms with Crippen LogP contribution in [0.15, 0.2) is 28.9 Å². The van der Waals surface area contributed by atoms with Gasteiger partial charge in [-0.1, -0.05) is 0 Å². The van der Waals surface area contributed by atoms with Gasteiger partial charge in [0.25, 0.3) is 5.91 Å². The Labute approximate surface area is 167 Å². The Balaban J connectivity index is 1.50. The zero-order valence-corrected chi connectivity index (χ0v) is 16.2. The minimum Gasteiger partial charge on any atom is -0.486 e. The molecular weight excluding hydrogens is 372 g/mol. The normalized spacial score (nSPS) is 16.1. The average molecular weight is 394 g/mol. The molecule has 3 aromatic rings. The van der Waals surface area contributed by atoms with Crippen molar-refractivity contribution in [3.05, 3.63) is 35.9 Å². The van der Waals surface area contributed by atoms with Gasteiger partial charge in [0.05, 0.1) is 10.9 Å². The van der Waals surface area contributed by atoms with Crippen LogP contribution in [0.5, 0.6) is 11.5 Å². The number of aryl methyl sites for hydroxylation is 1. The highest BCUT2D eigenvalue weighted by Crippen LogP contribution is 2.35. The number of hydrogen-bond acceptors (Lipinski definition) is 7. The summed E-state index contributed by atoms with van der Waals surface area (Å²) in [5, 5.41) is 3.62. The Bertz CT molecular complexity index is 1070. The van der Waals surface area contributed by atoms with Gasteiger partial charge in [0, 0.05) is 24.8 Å². The maximum absolute atomic E-state index is 13.2. The van der Waals surface area contributed by atoms with Gasteiger partial charge in [0.1, 0.15) is 31.1 Å². The van der Waals surface area contributed by atoms with Gasteiger partial charge in [-0.3, -0.25) is 4.79 Å². The number of carbonyl (C=O) groups is 1. The number of carbonyl (C=O) groups excluding carboxylic acids is 1. The molecular formula is C21H22N4O4. The van der Waals surface area contributed by atoms with Crippen molar-refractivity contribution < 1.29 is 18.7 Å². The third kappa shape index (κ3) is 3.24. The van der Waals surface area contributed by atoms with Crippen LogP contribution in [0.1, 0.15) is 35.4 Å². The number of nitrogens with zero attached hydrogens (tertiary/aromatic N) is 3. The van der Waals surface area contributed by atoms with Crippen molar-refractivity contribution in [2.24, 2.45) is 0 Å². The lowest BCUT2D eigenvalue weighted by Gasteiger charge is -2.28. The van der Waals surface area contributed by atoms with E-state index in [1.54, 1.807) is 25.1 Å². The first-order valence-electron chi connectivity index (χ1n) is 9.91. The van der Waals surface area contributed by atoms with Crippen molar-refractivity contribution in [1.29, 1.82) is 0 Å². The van der Waals surface area contributed by atoms with Crippen LogP contribution < -0.4 is 19.7 Å². The van der Waals surface area contributed by atoms with Gasteiger partial charge in [-0.25, -0.2) is 9.97 Å². The van der Waals surface area contributed by atoms with Gasteiger partial charge in [-0.2, -0.15) is 0 Å². The smallest absolute Gasteiger partial charge is 0.260 e. The van der Waals surface area contributed by atoms with Gasteiger partial charge in [-0.05, 0) is 38.3 Å². The first-order chi connectivity index (χ1) is 14.2. The number of amides is 1. The van der Waals surface area contributed by atoms with Crippen LogP contribution in [-0.4, -0.2) is 42.2 Å². The summed E-state index contributed by atoms with van der Waals surface area (Å²) in [7, 11) is 0. The Morgan fingerprint density at radius 2 is 1.86 bits per heavy atom. The maximum Gasteiger partial charge on any atom is 0.260 e. The molecule has 8 nitrogen and oxygen atoms in total. The number of nitrogens with one attached hydrogen (secondary N) is 1. The van der Waals surface area contributed by atoms with E-state index in [-0.39, 0.29) is 5.91 Å². The summed E-state index contributed by atoms with van der Waals surface area (Å²) in [4.78, 5) is 24.1. The summed E-state index contributed by atoms with van der Waals surface area (Å²) >= 11 is 0. The quantitative estimate of drug-likeness (QED) is 0.727. The van der Waals surface area contributed by atoms with Gasteiger partial charge in [0.2, 0.25) is 5.71 Å². The number of benzene rings is 1. The zero-order chi connectivity index (χ0) is 19.8. The summed E-state index contributed by atoms with van der Waals surface area (Å²) in [5.41, 5.74) is 1.53. The minimum atomic E-state index is -0.258. The molecule has 29 heavy (non-hydrogen) atoms. The zero-order valence-electron chi connectivity index (χ0n) is 16.2. The maximum atomic E-state index is 13.2. The van der Waals surface area contributed by atoms with Gasteiger partial charge >= 0.3 is 0 Å². The highest BCUT2D eigenvalue weighted by molar-refractivity contribution is 6.15. The molecule has 1 saturated heterocycles. The van der Waals surface area contributed by atoms with Crippen LogP contribution >= 0.6 is 0 Å². The number of furan rings is 1. The lowest BCUT2D eigenvalue weighted by Crippen LogP contribution is -2.30. The highest BCUT2D eigenvalue weighted by Gasteiger charge is 2.26. The Morgan fingerprint density at radius 1 is 1.07 bits per heavy atom. The first kappa shape index (κ1) is 17.8. The Kier molecular flexibility index (Phi) is 4.46. The second kappa shape index (κ2) is 7.27. The van der Waals surface area contributed by atoms with Crippen molar-refractivity contribution in [2.45, 2.75) is 26.2 Å². The monoisotopic (exact) mass is 394 g/mol. The van der Waals surface area contributed by atoms with E-state index in [1.807, 2.05) is 0 Å². The molecule has 2 aliphatic heterocycles. The predicted molar refractivity (Wildman–Crippen MR) is 108 cm³/mol. The fourth-order valence-electron chi connectivity index (χ4n) is 3.96. The second-order valence-corrected chi connectivity index (χ2v) is 7.27. The first-order valence-corrected chi connectivity index (χ1v) is 9.91. The fraction of sp³-hybridized carbons (Fsp3) is 0.381. The van der Waals surface area contributed by atoms with E-state index in [4.69, 9.17) is 13.9 Å². The second-order valence-electron chi connectivity index (χ2n) is 7.27. The number of rotatable bonds is 3. The molecule has 0 atom stereocenters. The standard InChI is InChI=1S/C21H22N4O4/c1-13-17(20(26)24-14-5-6-15-16(11-14)28-10-9-27-15)18-19(22-12-23-21(18)29-13)25-7-3-2-4-8-25/h5-6,11-12H,2-4,7-10H2,1H3,(H,24,26). The highest BCUT2D eigenvalue weighted by atomic mass is 16.6. The summed E-state index contributed by atoms with van der Waals surface area (Å²) in [6.45, 7) is 4.63. The van der Waals surface area contributed by atoms with Crippen molar-refractivity contribution in [1.82, 2.24) is 9.97 Å². The van der Waals surface area contributed by atoms with Gasteiger partial charge < -0.3 is 24.1 Å². The average Bonchev–Trinajstić information content (AvgIpc) is 3.10. The molecule has 5 rings (SSSR count). The molecule has 150 valence electrons. The topological polar surface area (TPSA) is 89.7 Å². The third-order valence-electron chi connectivity index (χ3n) is 5.33. The molecule has 4 heterocycles. The van der Waals surface area contributed by atoms with Crippen LogP contribution in [0.2, 0.25) is 0 Å². The van der Waals surface area contributed by atoms with E-state index in [0.717, 1.165) is 31.7 Å². The third-order valence-corrected chi connectivity index (χ3v) is 5.33. The largest absolute Gasteiger partial charge is 0.486 e. The number of aromatic nitrogens is 2. The van der Waals surface area contributed by atoms with Gasteiger partial charge in [-0.15, -0.1) is 0 Å². The van der Waals surface area contributed by atoms with Crippen molar-refractivity contribution in [3.8, 4) is 11.5 Å². The Morgan fingerprint density at radius 3 is 2.69 bits per heavy atom. The number of ether oxygens (including phenoxy) is 2. The van der Waals surface area contributed by atoms with Gasteiger partial charge in [0.15, 0.2) is 11.5 Å². The van der Waals surface area contributed by atoms with E-state index in [9.17, 15) is 4.79 Å². The van der Waals surface area contributed by atoms with E-state index >= 15 is 0 Å². The molecule has 0 radical (unpaired) electrons. The summed E-state index contributed by atoms with van der Waals surface area (Å²) in [5.74, 6) is 2.33.